The number of rotatable bonds is 5. The van der Waals surface area contributed by atoms with Crippen LogP contribution in [-0.4, -0.2) is 48.9 Å². The quantitative estimate of drug-likeness (QED) is 0.679. The van der Waals surface area contributed by atoms with Gasteiger partial charge in [-0.3, -0.25) is 9.59 Å². The second-order valence-corrected chi connectivity index (χ2v) is 4.10. The first kappa shape index (κ1) is 13.0. The SMILES string of the molecule is CCNCC(=O)NC(C)C(=O)N1CCCC1. The van der Waals surface area contributed by atoms with Crippen molar-refractivity contribution >= 4 is 11.8 Å². The molecule has 5 nitrogen and oxygen atoms in total. The number of amides is 2. The molecule has 1 atom stereocenters. The van der Waals surface area contributed by atoms with E-state index in [1.54, 1.807) is 6.92 Å². The van der Waals surface area contributed by atoms with Gasteiger partial charge >= 0.3 is 0 Å². The van der Waals surface area contributed by atoms with E-state index in [0.717, 1.165) is 32.5 Å². The summed E-state index contributed by atoms with van der Waals surface area (Å²) in [6.45, 7) is 6.35. The molecule has 0 bridgehead atoms. The molecule has 1 rings (SSSR count). The van der Waals surface area contributed by atoms with Gasteiger partial charge in [0.15, 0.2) is 0 Å². The number of hydrogen-bond acceptors (Lipinski definition) is 3. The molecule has 16 heavy (non-hydrogen) atoms. The third-order valence-corrected chi connectivity index (χ3v) is 2.70. The van der Waals surface area contributed by atoms with Crippen LogP contribution in [0.3, 0.4) is 0 Å². The summed E-state index contributed by atoms with van der Waals surface area (Å²) in [5.41, 5.74) is 0. The Morgan fingerprint density at radius 3 is 2.50 bits per heavy atom. The molecule has 0 spiro atoms. The van der Waals surface area contributed by atoms with Gasteiger partial charge in [0, 0.05) is 13.1 Å². The van der Waals surface area contributed by atoms with Crippen LogP contribution in [0.2, 0.25) is 0 Å². The van der Waals surface area contributed by atoms with E-state index in [2.05, 4.69) is 10.6 Å². The number of carbonyl (C=O) groups is 2. The number of carbonyl (C=O) groups excluding carboxylic acids is 2. The van der Waals surface area contributed by atoms with Gasteiger partial charge in [0.25, 0.3) is 0 Å². The lowest BCUT2D eigenvalue weighted by atomic mass is 10.3. The van der Waals surface area contributed by atoms with E-state index in [-0.39, 0.29) is 18.4 Å². The van der Waals surface area contributed by atoms with Crippen molar-refractivity contribution in [3.63, 3.8) is 0 Å². The predicted molar refractivity (Wildman–Crippen MR) is 62.0 cm³/mol. The highest BCUT2D eigenvalue weighted by molar-refractivity contribution is 5.88. The van der Waals surface area contributed by atoms with Crippen molar-refractivity contribution in [2.45, 2.75) is 32.7 Å². The summed E-state index contributed by atoms with van der Waals surface area (Å²) in [4.78, 5) is 25.1. The van der Waals surface area contributed by atoms with Crippen LogP contribution in [0.25, 0.3) is 0 Å². The molecule has 5 heteroatoms. The van der Waals surface area contributed by atoms with Crippen LogP contribution in [-0.2, 0) is 9.59 Å². The molecule has 0 aromatic heterocycles. The van der Waals surface area contributed by atoms with Crippen LogP contribution in [0.4, 0.5) is 0 Å². The maximum Gasteiger partial charge on any atom is 0.244 e. The smallest absolute Gasteiger partial charge is 0.244 e. The topological polar surface area (TPSA) is 61.4 Å². The highest BCUT2D eigenvalue weighted by atomic mass is 16.2. The normalized spacial score (nSPS) is 17.2. The summed E-state index contributed by atoms with van der Waals surface area (Å²) in [5.74, 6) is -0.0933. The summed E-state index contributed by atoms with van der Waals surface area (Å²) in [5, 5.41) is 5.62. The summed E-state index contributed by atoms with van der Waals surface area (Å²) in [6, 6.07) is -0.413. The Morgan fingerprint density at radius 1 is 1.31 bits per heavy atom. The molecule has 0 radical (unpaired) electrons. The van der Waals surface area contributed by atoms with Gasteiger partial charge < -0.3 is 15.5 Å². The molecule has 1 unspecified atom stereocenters. The van der Waals surface area contributed by atoms with Crippen LogP contribution in [0, 0.1) is 0 Å². The third-order valence-electron chi connectivity index (χ3n) is 2.70. The highest BCUT2D eigenvalue weighted by Gasteiger charge is 2.23. The van der Waals surface area contributed by atoms with Crippen LogP contribution in [0.1, 0.15) is 26.7 Å². The fourth-order valence-corrected chi connectivity index (χ4v) is 1.80. The molecule has 92 valence electrons. The number of likely N-dealkylation sites (N-methyl/N-ethyl adjacent to an activating group) is 1. The molecular weight excluding hydrogens is 206 g/mol. The van der Waals surface area contributed by atoms with Gasteiger partial charge in [0.2, 0.25) is 11.8 Å². The van der Waals surface area contributed by atoms with Gasteiger partial charge in [0.1, 0.15) is 6.04 Å². The molecule has 2 N–H and O–H groups in total. The largest absolute Gasteiger partial charge is 0.343 e. The molecule has 1 saturated heterocycles. The van der Waals surface area contributed by atoms with Crippen LogP contribution in [0.15, 0.2) is 0 Å². The Hall–Kier alpha value is -1.10. The van der Waals surface area contributed by atoms with Gasteiger partial charge in [-0.2, -0.15) is 0 Å². The van der Waals surface area contributed by atoms with Gasteiger partial charge in [-0.15, -0.1) is 0 Å². The van der Waals surface area contributed by atoms with Crippen molar-refractivity contribution in [2.24, 2.45) is 0 Å². The van der Waals surface area contributed by atoms with Crippen molar-refractivity contribution < 1.29 is 9.59 Å². The van der Waals surface area contributed by atoms with Crippen molar-refractivity contribution in [3.05, 3.63) is 0 Å². The zero-order valence-electron chi connectivity index (χ0n) is 10.1. The van der Waals surface area contributed by atoms with Gasteiger partial charge in [-0.25, -0.2) is 0 Å². The first-order valence-electron chi connectivity index (χ1n) is 5.94. The first-order chi connectivity index (χ1) is 7.65. The number of hydrogen-bond donors (Lipinski definition) is 2. The van der Waals surface area contributed by atoms with Crippen LogP contribution in [0.5, 0.6) is 0 Å². The summed E-state index contributed by atoms with van der Waals surface area (Å²) < 4.78 is 0. The molecule has 2 amide bonds. The number of nitrogens with zero attached hydrogens (tertiary/aromatic N) is 1. The Labute approximate surface area is 96.6 Å². The second-order valence-electron chi connectivity index (χ2n) is 4.10. The molecule has 1 heterocycles. The molecule has 0 aliphatic carbocycles. The lowest BCUT2D eigenvalue weighted by molar-refractivity contribution is -0.134. The van der Waals surface area contributed by atoms with E-state index < -0.39 is 6.04 Å². The summed E-state index contributed by atoms with van der Waals surface area (Å²) in [7, 11) is 0. The molecular formula is C11H21N3O2. The molecule has 0 aromatic carbocycles. The molecule has 1 fully saturated rings. The highest BCUT2D eigenvalue weighted by Crippen LogP contribution is 2.08. The van der Waals surface area contributed by atoms with E-state index >= 15 is 0 Å². The maximum absolute atomic E-state index is 11.8. The zero-order valence-corrected chi connectivity index (χ0v) is 10.1. The molecule has 0 aromatic rings. The second kappa shape index (κ2) is 6.48. The van der Waals surface area contributed by atoms with E-state index in [4.69, 9.17) is 0 Å². The Morgan fingerprint density at radius 2 is 1.94 bits per heavy atom. The average Bonchev–Trinajstić information content (AvgIpc) is 2.78. The minimum atomic E-state index is -0.413. The Kier molecular flexibility index (Phi) is 5.25. The van der Waals surface area contributed by atoms with Crippen molar-refractivity contribution in [2.75, 3.05) is 26.2 Å². The first-order valence-corrected chi connectivity index (χ1v) is 5.94. The predicted octanol–water partition coefficient (Wildman–Crippen LogP) is -0.277. The monoisotopic (exact) mass is 227 g/mol. The van der Waals surface area contributed by atoms with Crippen molar-refractivity contribution in [1.82, 2.24) is 15.5 Å². The fraction of sp³-hybridized carbons (Fsp3) is 0.818. The number of nitrogens with one attached hydrogen (secondary N) is 2. The van der Waals surface area contributed by atoms with E-state index in [1.807, 2.05) is 11.8 Å². The van der Waals surface area contributed by atoms with E-state index in [9.17, 15) is 9.59 Å². The summed E-state index contributed by atoms with van der Waals surface area (Å²) in [6.07, 6.45) is 2.15. The van der Waals surface area contributed by atoms with Gasteiger partial charge in [-0.05, 0) is 26.3 Å². The average molecular weight is 227 g/mol. The third kappa shape index (κ3) is 3.81. The van der Waals surface area contributed by atoms with E-state index in [1.165, 1.54) is 0 Å². The van der Waals surface area contributed by atoms with E-state index in [0.29, 0.717) is 0 Å². The van der Waals surface area contributed by atoms with Crippen molar-refractivity contribution in [1.29, 1.82) is 0 Å². The minimum absolute atomic E-state index is 0.0300. The fourth-order valence-electron chi connectivity index (χ4n) is 1.80. The number of likely N-dealkylation sites (tertiary alicyclic amines) is 1. The lowest BCUT2D eigenvalue weighted by Gasteiger charge is -2.21. The molecule has 1 aliphatic heterocycles. The maximum atomic E-state index is 11.8. The van der Waals surface area contributed by atoms with Crippen LogP contribution < -0.4 is 10.6 Å². The zero-order chi connectivity index (χ0) is 12.0. The molecule has 1 aliphatic rings. The minimum Gasteiger partial charge on any atom is -0.343 e. The van der Waals surface area contributed by atoms with Gasteiger partial charge in [-0.1, -0.05) is 6.92 Å². The van der Waals surface area contributed by atoms with Crippen LogP contribution >= 0.6 is 0 Å². The standard InChI is InChI=1S/C11H21N3O2/c1-3-12-8-10(15)13-9(2)11(16)14-6-4-5-7-14/h9,12H,3-8H2,1-2H3,(H,13,15). The Balaban J connectivity index is 2.30. The summed E-state index contributed by atoms with van der Waals surface area (Å²) >= 11 is 0. The lowest BCUT2D eigenvalue weighted by Crippen LogP contribution is -2.48. The Bertz CT molecular complexity index is 250. The molecule has 0 saturated carbocycles. The van der Waals surface area contributed by atoms with Crippen molar-refractivity contribution in [3.8, 4) is 0 Å². The van der Waals surface area contributed by atoms with Gasteiger partial charge in [0.05, 0.1) is 6.54 Å².